The van der Waals surface area contributed by atoms with E-state index in [1.807, 2.05) is 54.6 Å². The maximum Gasteiger partial charge on any atom is 0.247 e. The van der Waals surface area contributed by atoms with E-state index in [-0.39, 0.29) is 17.7 Å². The number of fused-ring (bicyclic) bond motifs is 1. The van der Waals surface area contributed by atoms with E-state index in [4.69, 9.17) is 6.42 Å². The van der Waals surface area contributed by atoms with Crippen LogP contribution in [0.3, 0.4) is 0 Å². The van der Waals surface area contributed by atoms with Gasteiger partial charge < -0.3 is 10.2 Å². The lowest BCUT2D eigenvalue weighted by molar-refractivity contribution is -0.143. The molecule has 2 aromatic carbocycles. The molecule has 0 aliphatic carbocycles. The minimum atomic E-state index is -0.629. The summed E-state index contributed by atoms with van der Waals surface area (Å²) in [6, 6.07) is 16.3. The summed E-state index contributed by atoms with van der Waals surface area (Å²) < 4.78 is 0. The van der Waals surface area contributed by atoms with E-state index in [1.165, 1.54) is 11.0 Å². The Bertz CT molecular complexity index is 1140. The molecule has 2 atom stereocenters. The molecule has 1 aliphatic heterocycles. The molecule has 1 saturated heterocycles. The first-order valence-electron chi connectivity index (χ1n) is 9.26. The molecule has 2 amide bonds. The number of anilines is 1. The first kappa shape index (κ1) is 18.5. The van der Waals surface area contributed by atoms with Crippen LogP contribution in [0.2, 0.25) is 0 Å². The normalized spacial score (nSPS) is 17.8. The van der Waals surface area contributed by atoms with Crippen LogP contribution in [-0.2, 0) is 9.59 Å². The fourth-order valence-corrected chi connectivity index (χ4v) is 3.70. The standard InChI is InChI=1S/C24H19N3O2/c1-3-16-10-12-17(13-11-16)19-15-27(21(28)4-2)23(19)24(29)26-20-9-5-7-18-8-6-14-25-22(18)20/h1,4-14,19,23H,2,15H2,(H,26,29)/t19-,23-/m1/s1. The van der Waals surface area contributed by atoms with Gasteiger partial charge in [0.25, 0.3) is 0 Å². The molecule has 29 heavy (non-hydrogen) atoms. The van der Waals surface area contributed by atoms with Crippen molar-refractivity contribution in [3.05, 3.63) is 84.6 Å². The van der Waals surface area contributed by atoms with E-state index in [0.717, 1.165) is 16.5 Å². The van der Waals surface area contributed by atoms with Crippen LogP contribution in [0, 0.1) is 12.3 Å². The molecular weight excluding hydrogens is 362 g/mol. The average Bonchev–Trinajstić information content (AvgIpc) is 2.73. The zero-order valence-electron chi connectivity index (χ0n) is 15.7. The van der Waals surface area contributed by atoms with Gasteiger partial charge in [0.1, 0.15) is 6.04 Å². The van der Waals surface area contributed by atoms with Gasteiger partial charge in [-0.15, -0.1) is 6.42 Å². The van der Waals surface area contributed by atoms with Gasteiger partial charge in [-0.1, -0.05) is 42.8 Å². The minimum Gasteiger partial charge on any atom is -0.326 e. The highest BCUT2D eigenvalue weighted by molar-refractivity contribution is 6.05. The SMILES string of the molecule is C#Cc1ccc([C@H]2CN(C(=O)C=C)[C@H]2C(=O)Nc2cccc3cccnc23)cc1. The average molecular weight is 381 g/mol. The predicted octanol–water partition coefficient (Wildman–Crippen LogP) is 3.34. The summed E-state index contributed by atoms with van der Waals surface area (Å²) in [5.41, 5.74) is 3.06. The number of hydrogen-bond acceptors (Lipinski definition) is 3. The van der Waals surface area contributed by atoms with Crippen molar-refractivity contribution in [2.45, 2.75) is 12.0 Å². The smallest absolute Gasteiger partial charge is 0.247 e. The number of likely N-dealkylation sites (tertiary alicyclic amines) is 1. The van der Waals surface area contributed by atoms with E-state index in [0.29, 0.717) is 17.7 Å². The summed E-state index contributed by atoms with van der Waals surface area (Å²) >= 11 is 0. The Labute approximate surface area is 169 Å². The van der Waals surface area contributed by atoms with Gasteiger partial charge in [-0.2, -0.15) is 0 Å². The number of amides is 2. The molecule has 1 fully saturated rings. The van der Waals surface area contributed by atoms with Gasteiger partial charge in [-0.25, -0.2) is 0 Å². The molecule has 2 heterocycles. The van der Waals surface area contributed by atoms with Crippen LogP contribution < -0.4 is 5.32 Å². The lowest BCUT2D eigenvalue weighted by Gasteiger charge is -2.46. The molecule has 1 aliphatic rings. The van der Waals surface area contributed by atoms with Crippen LogP contribution in [0.1, 0.15) is 17.0 Å². The monoisotopic (exact) mass is 381 g/mol. The van der Waals surface area contributed by atoms with Crippen molar-refractivity contribution in [2.75, 3.05) is 11.9 Å². The van der Waals surface area contributed by atoms with Gasteiger partial charge >= 0.3 is 0 Å². The van der Waals surface area contributed by atoms with Crippen LogP contribution in [0.25, 0.3) is 10.9 Å². The summed E-state index contributed by atoms with van der Waals surface area (Å²) in [5, 5.41) is 3.89. The number of para-hydroxylation sites is 1. The number of terminal acetylenes is 1. The van der Waals surface area contributed by atoms with E-state index in [1.54, 1.807) is 6.20 Å². The number of carbonyl (C=O) groups excluding carboxylic acids is 2. The Morgan fingerprint density at radius 1 is 1.17 bits per heavy atom. The molecule has 0 unspecified atom stereocenters. The lowest BCUT2D eigenvalue weighted by Crippen LogP contribution is -2.61. The Morgan fingerprint density at radius 3 is 2.66 bits per heavy atom. The lowest BCUT2D eigenvalue weighted by atomic mass is 9.81. The quantitative estimate of drug-likeness (QED) is 0.557. The fraction of sp³-hybridized carbons (Fsp3) is 0.125. The molecule has 0 radical (unpaired) electrons. The number of nitrogens with one attached hydrogen (secondary N) is 1. The molecule has 1 N–H and O–H groups in total. The van der Waals surface area contributed by atoms with E-state index in [2.05, 4.69) is 22.8 Å². The van der Waals surface area contributed by atoms with Crippen LogP contribution in [0.4, 0.5) is 5.69 Å². The summed E-state index contributed by atoms with van der Waals surface area (Å²) in [5.74, 6) is 1.95. The molecular formula is C24H19N3O2. The Hall–Kier alpha value is -3.91. The zero-order valence-corrected chi connectivity index (χ0v) is 15.7. The third-order valence-corrected chi connectivity index (χ3v) is 5.23. The second-order valence-electron chi connectivity index (χ2n) is 6.88. The van der Waals surface area contributed by atoms with Gasteiger partial charge in [0.15, 0.2) is 0 Å². The highest BCUT2D eigenvalue weighted by Crippen LogP contribution is 2.36. The highest BCUT2D eigenvalue weighted by Gasteiger charge is 2.46. The molecule has 5 heteroatoms. The number of carbonyl (C=O) groups is 2. The third kappa shape index (κ3) is 3.37. The maximum atomic E-state index is 13.2. The summed E-state index contributed by atoms with van der Waals surface area (Å²) in [6.07, 6.45) is 8.34. The number of nitrogens with zero attached hydrogens (tertiary/aromatic N) is 2. The third-order valence-electron chi connectivity index (χ3n) is 5.23. The van der Waals surface area contributed by atoms with Gasteiger partial charge in [0.05, 0.1) is 11.2 Å². The molecule has 5 nitrogen and oxygen atoms in total. The number of aromatic nitrogens is 1. The van der Waals surface area contributed by atoms with Crippen LogP contribution in [0.5, 0.6) is 0 Å². The number of rotatable bonds is 4. The Morgan fingerprint density at radius 2 is 1.93 bits per heavy atom. The molecule has 4 rings (SSSR count). The van der Waals surface area contributed by atoms with Crippen molar-refractivity contribution in [1.29, 1.82) is 0 Å². The van der Waals surface area contributed by atoms with E-state index < -0.39 is 6.04 Å². The van der Waals surface area contributed by atoms with Crippen molar-refractivity contribution in [1.82, 2.24) is 9.88 Å². The summed E-state index contributed by atoms with van der Waals surface area (Å²) in [6.45, 7) is 4.00. The van der Waals surface area contributed by atoms with Crippen LogP contribution in [0.15, 0.2) is 73.4 Å². The molecule has 142 valence electrons. The van der Waals surface area contributed by atoms with E-state index >= 15 is 0 Å². The zero-order chi connectivity index (χ0) is 20.4. The Kier molecular flexibility index (Phi) is 4.84. The van der Waals surface area contributed by atoms with Gasteiger partial charge in [-0.3, -0.25) is 14.6 Å². The van der Waals surface area contributed by atoms with Gasteiger partial charge in [0, 0.05) is 29.6 Å². The Balaban J connectivity index is 1.63. The van der Waals surface area contributed by atoms with Crippen LogP contribution >= 0.6 is 0 Å². The number of benzene rings is 2. The predicted molar refractivity (Wildman–Crippen MR) is 113 cm³/mol. The second-order valence-corrected chi connectivity index (χ2v) is 6.88. The number of hydrogen-bond donors (Lipinski definition) is 1. The largest absolute Gasteiger partial charge is 0.326 e. The number of pyridine rings is 1. The first-order valence-corrected chi connectivity index (χ1v) is 9.26. The van der Waals surface area contributed by atoms with Crippen molar-refractivity contribution >= 4 is 28.4 Å². The summed E-state index contributed by atoms with van der Waals surface area (Å²) in [4.78, 5) is 31.3. The topological polar surface area (TPSA) is 62.3 Å². The van der Waals surface area contributed by atoms with Gasteiger partial charge in [0.2, 0.25) is 11.8 Å². The van der Waals surface area contributed by atoms with Crippen molar-refractivity contribution < 1.29 is 9.59 Å². The fourth-order valence-electron chi connectivity index (χ4n) is 3.70. The van der Waals surface area contributed by atoms with Crippen LogP contribution in [-0.4, -0.2) is 34.3 Å². The highest BCUT2D eigenvalue weighted by atomic mass is 16.2. The minimum absolute atomic E-state index is 0.117. The first-order chi connectivity index (χ1) is 14.1. The van der Waals surface area contributed by atoms with Crippen molar-refractivity contribution in [3.63, 3.8) is 0 Å². The molecule has 3 aromatic rings. The molecule has 0 saturated carbocycles. The van der Waals surface area contributed by atoms with Crippen molar-refractivity contribution in [3.8, 4) is 12.3 Å². The molecule has 1 aromatic heterocycles. The second kappa shape index (κ2) is 7.61. The maximum absolute atomic E-state index is 13.2. The van der Waals surface area contributed by atoms with Gasteiger partial charge in [-0.05, 0) is 35.9 Å². The summed E-state index contributed by atoms with van der Waals surface area (Å²) in [7, 11) is 0. The molecule has 0 spiro atoms. The van der Waals surface area contributed by atoms with Crippen molar-refractivity contribution in [2.24, 2.45) is 0 Å². The molecule has 0 bridgehead atoms. The van der Waals surface area contributed by atoms with E-state index in [9.17, 15) is 9.59 Å².